The van der Waals surface area contributed by atoms with Gasteiger partial charge in [0.2, 0.25) is 0 Å². The van der Waals surface area contributed by atoms with Crippen molar-refractivity contribution >= 4 is 23.4 Å². The molecular formula is C23H24FN3O4. The van der Waals surface area contributed by atoms with Crippen molar-refractivity contribution in [1.82, 2.24) is 9.80 Å². The maximum atomic E-state index is 14.0. The van der Waals surface area contributed by atoms with Gasteiger partial charge in [0, 0.05) is 52.0 Å². The van der Waals surface area contributed by atoms with Crippen molar-refractivity contribution in [3.8, 4) is 0 Å². The summed E-state index contributed by atoms with van der Waals surface area (Å²) in [7, 11) is 1.57. The molecule has 3 amide bonds. The average Bonchev–Trinajstić information content (AvgIpc) is 3.03. The maximum Gasteiger partial charge on any atom is 0.261 e. The van der Waals surface area contributed by atoms with Crippen LogP contribution >= 0.6 is 0 Å². The molecule has 1 saturated heterocycles. The highest BCUT2D eigenvalue weighted by Crippen LogP contribution is 2.26. The zero-order valence-corrected chi connectivity index (χ0v) is 17.3. The van der Waals surface area contributed by atoms with Crippen molar-refractivity contribution < 1.29 is 23.5 Å². The van der Waals surface area contributed by atoms with Crippen molar-refractivity contribution in [2.75, 3.05) is 51.3 Å². The van der Waals surface area contributed by atoms with Crippen LogP contribution in [0.4, 0.5) is 10.1 Å². The Balaban J connectivity index is 1.44. The molecule has 7 nitrogen and oxygen atoms in total. The van der Waals surface area contributed by atoms with Crippen LogP contribution in [0.5, 0.6) is 0 Å². The number of hydrogen-bond donors (Lipinski definition) is 0. The highest BCUT2D eigenvalue weighted by atomic mass is 19.1. The third-order valence-electron chi connectivity index (χ3n) is 5.71. The van der Waals surface area contributed by atoms with Crippen molar-refractivity contribution in [3.05, 3.63) is 65.0 Å². The standard InChI is InChI=1S/C23H24FN3O4/c1-31-14-4-9-27-22(29)17-8-7-16(15-18(17)23(27)30)21(28)26-12-10-25(11-13-26)20-6-3-2-5-19(20)24/h2-3,5-8,15H,4,9-14H2,1H3. The van der Waals surface area contributed by atoms with Gasteiger partial charge in [-0.3, -0.25) is 19.3 Å². The predicted octanol–water partition coefficient (Wildman–Crippen LogP) is 2.42. The highest BCUT2D eigenvalue weighted by Gasteiger charge is 2.36. The predicted molar refractivity (Wildman–Crippen MR) is 113 cm³/mol. The minimum Gasteiger partial charge on any atom is -0.385 e. The number of para-hydroxylation sites is 1. The van der Waals surface area contributed by atoms with Gasteiger partial charge in [0.1, 0.15) is 5.82 Å². The van der Waals surface area contributed by atoms with E-state index < -0.39 is 0 Å². The number of halogens is 1. The van der Waals surface area contributed by atoms with Gasteiger partial charge in [-0.05, 0) is 36.8 Å². The number of carbonyl (C=O) groups excluding carboxylic acids is 3. The number of anilines is 1. The molecule has 0 spiro atoms. The minimum absolute atomic E-state index is 0.200. The SMILES string of the molecule is COCCCN1C(=O)c2ccc(C(=O)N3CCN(c4ccccc4F)CC3)cc2C1=O. The molecule has 162 valence electrons. The molecular weight excluding hydrogens is 401 g/mol. The molecule has 8 heteroatoms. The van der Waals surface area contributed by atoms with Crippen LogP contribution in [-0.2, 0) is 4.74 Å². The van der Waals surface area contributed by atoms with E-state index in [9.17, 15) is 18.8 Å². The van der Waals surface area contributed by atoms with Crippen molar-refractivity contribution in [3.63, 3.8) is 0 Å². The van der Waals surface area contributed by atoms with E-state index in [1.165, 1.54) is 17.0 Å². The summed E-state index contributed by atoms with van der Waals surface area (Å²) >= 11 is 0. The summed E-state index contributed by atoms with van der Waals surface area (Å²) < 4.78 is 19.0. The molecule has 2 heterocycles. The van der Waals surface area contributed by atoms with Crippen LogP contribution in [0, 0.1) is 5.82 Å². The Hall–Kier alpha value is -3.26. The summed E-state index contributed by atoms with van der Waals surface area (Å²) in [6.07, 6.45) is 0.556. The molecule has 0 radical (unpaired) electrons. The molecule has 2 aliphatic rings. The van der Waals surface area contributed by atoms with Crippen LogP contribution in [0.25, 0.3) is 0 Å². The molecule has 2 aromatic rings. The fourth-order valence-corrected chi connectivity index (χ4v) is 4.04. The minimum atomic E-state index is -0.380. The summed E-state index contributed by atoms with van der Waals surface area (Å²) in [6, 6.07) is 11.2. The zero-order valence-electron chi connectivity index (χ0n) is 17.3. The lowest BCUT2D eigenvalue weighted by Crippen LogP contribution is -2.49. The summed E-state index contributed by atoms with van der Waals surface area (Å²) in [6.45, 7) is 2.66. The number of methoxy groups -OCH3 is 1. The Kier molecular flexibility index (Phi) is 5.99. The fourth-order valence-electron chi connectivity index (χ4n) is 4.04. The van der Waals surface area contributed by atoms with Crippen LogP contribution in [-0.4, -0.2) is 74.0 Å². The molecule has 0 aliphatic carbocycles. The number of benzene rings is 2. The third-order valence-corrected chi connectivity index (χ3v) is 5.71. The van der Waals surface area contributed by atoms with Gasteiger partial charge in [0.25, 0.3) is 17.7 Å². The summed E-state index contributed by atoms with van der Waals surface area (Å²) in [4.78, 5) is 43.0. The molecule has 1 fully saturated rings. The second-order valence-electron chi connectivity index (χ2n) is 7.60. The second-order valence-corrected chi connectivity index (χ2v) is 7.60. The molecule has 0 saturated carbocycles. The Morgan fingerprint density at radius 1 is 1.00 bits per heavy atom. The Labute approximate surface area is 180 Å². The smallest absolute Gasteiger partial charge is 0.261 e. The van der Waals surface area contributed by atoms with E-state index in [0.717, 1.165) is 0 Å². The summed E-state index contributed by atoms with van der Waals surface area (Å²) in [5.41, 5.74) is 1.49. The number of piperazine rings is 1. The fraction of sp³-hybridized carbons (Fsp3) is 0.348. The molecule has 0 bridgehead atoms. The van der Waals surface area contributed by atoms with Crippen LogP contribution in [0.15, 0.2) is 42.5 Å². The summed E-state index contributed by atoms with van der Waals surface area (Å²) in [5, 5.41) is 0. The Morgan fingerprint density at radius 2 is 1.71 bits per heavy atom. The number of ether oxygens (including phenoxy) is 1. The van der Waals surface area contributed by atoms with Crippen molar-refractivity contribution in [1.29, 1.82) is 0 Å². The lowest BCUT2D eigenvalue weighted by Gasteiger charge is -2.36. The second kappa shape index (κ2) is 8.85. The first-order valence-electron chi connectivity index (χ1n) is 10.3. The van der Waals surface area contributed by atoms with Gasteiger partial charge in [0.05, 0.1) is 16.8 Å². The zero-order chi connectivity index (χ0) is 22.0. The van der Waals surface area contributed by atoms with Gasteiger partial charge in [-0.15, -0.1) is 0 Å². The number of carbonyl (C=O) groups is 3. The van der Waals surface area contributed by atoms with Crippen LogP contribution in [0.1, 0.15) is 37.5 Å². The third kappa shape index (κ3) is 4.03. The molecule has 0 atom stereocenters. The normalized spacial score (nSPS) is 16.1. The van der Waals surface area contributed by atoms with Crippen molar-refractivity contribution in [2.45, 2.75) is 6.42 Å². The molecule has 2 aromatic carbocycles. The molecule has 2 aliphatic heterocycles. The van der Waals surface area contributed by atoms with Crippen LogP contribution in [0.2, 0.25) is 0 Å². The van der Waals surface area contributed by atoms with E-state index >= 15 is 0 Å². The number of rotatable bonds is 6. The van der Waals surface area contributed by atoms with E-state index in [1.54, 1.807) is 42.3 Å². The van der Waals surface area contributed by atoms with Gasteiger partial charge in [-0.1, -0.05) is 12.1 Å². The number of amides is 3. The topological polar surface area (TPSA) is 70.2 Å². The molecule has 0 N–H and O–H groups in total. The first kappa shape index (κ1) is 21.0. The number of fused-ring (bicyclic) bond motifs is 1. The number of hydrogen-bond acceptors (Lipinski definition) is 5. The van der Waals surface area contributed by atoms with Gasteiger partial charge >= 0.3 is 0 Å². The molecule has 0 unspecified atom stereocenters. The first-order chi connectivity index (χ1) is 15.0. The van der Waals surface area contributed by atoms with Crippen LogP contribution < -0.4 is 4.90 Å². The van der Waals surface area contributed by atoms with E-state index in [4.69, 9.17) is 4.74 Å². The van der Waals surface area contributed by atoms with E-state index in [2.05, 4.69) is 0 Å². The molecule has 4 rings (SSSR count). The monoisotopic (exact) mass is 425 g/mol. The van der Waals surface area contributed by atoms with E-state index in [1.807, 2.05) is 4.90 Å². The lowest BCUT2D eigenvalue weighted by molar-refractivity contribution is 0.0638. The number of imide groups is 1. The Bertz CT molecular complexity index is 1020. The van der Waals surface area contributed by atoms with Gasteiger partial charge in [-0.2, -0.15) is 0 Å². The first-order valence-corrected chi connectivity index (χ1v) is 10.3. The largest absolute Gasteiger partial charge is 0.385 e. The highest BCUT2D eigenvalue weighted by molar-refractivity contribution is 6.22. The van der Waals surface area contributed by atoms with E-state index in [0.29, 0.717) is 56.0 Å². The Morgan fingerprint density at radius 3 is 2.42 bits per heavy atom. The average molecular weight is 425 g/mol. The van der Waals surface area contributed by atoms with E-state index in [-0.39, 0.29) is 35.6 Å². The van der Waals surface area contributed by atoms with Gasteiger partial charge in [0.15, 0.2) is 0 Å². The summed E-state index contributed by atoms with van der Waals surface area (Å²) in [5.74, 6) is -1.20. The molecule has 31 heavy (non-hydrogen) atoms. The van der Waals surface area contributed by atoms with Gasteiger partial charge in [-0.25, -0.2) is 4.39 Å². The lowest BCUT2D eigenvalue weighted by atomic mass is 10.0. The maximum absolute atomic E-state index is 14.0. The molecule has 0 aromatic heterocycles. The van der Waals surface area contributed by atoms with Crippen molar-refractivity contribution in [2.24, 2.45) is 0 Å². The van der Waals surface area contributed by atoms with Crippen LogP contribution in [0.3, 0.4) is 0 Å². The quantitative estimate of drug-likeness (QED) is 0.525. The number of nitrogens with zero attached hydrogens (tertiary/aromatic N) is 3. The van der Waals surface area contributed by atoms with Gasteiger partial charge < -0.3 is 14.5 Å².